The molecule has 2 aromatic heterocycles. The zero-order valence-corrected chi connectivity index (χ0v) is 15.1. The summed E-state index contributed by atoms with van der Waals surface area (Å²) < 4.78 is 5.20. The smallest absolute Gasteiger partial charge is 0.259 e. The summed E-state index contributed by atoms with van der Waals surface area (Å²) in [5.74, 6) is 0.807. The number of amides is 1. The number of carbonyl (C=O) groups is 1. The van der Waals surface area contributed by atoms with E-state index in [1.165, 1.54) is 11.8 Å². The molecular formula is C21H21N3O3. The van der Waals surface area contributed by atoms with E-state index in [0.29, 0.717) is 35.7 Å². The van der Waals surface area contributed by atoms with Gasteiger partial charge < -0.3 is 14.6 Å². The Kier molecular flexibility index (Phi) is 4.62. The average molecular weight is 363 g/mol. The first-order valence-electron chi connectivity index (χ1n) is 9.06. The second kappa shape index (κ2) is 7.23. The molecule has 1 aliphatic heterocycles. The third-order valence-electron chi connectivity index (χ3n) is 5.28. The molecule has 0 atom stereocenters. The Morgan fingerprint density at radius 3 is 2.63 bits per heavy atom. The van der Waals surface area contributed by atoms with Crippen molar-refractivity contribution in [3.05, 3.63) is 70.3 Å². The van der Waals surface area contributed by atoms with Gasteiger partial charge in [0.1, 0.15) is 11.3 Å². The van der Waals surface area contributed by atoms with Crippen molar-refractivity contribution in [2.75, 3.05) is 20.2 Å². The lowest BCUT2D eigenvalue weighted by molar-refractivity contribution is 0.0711. The molecule has 1 saturated heterocycles. The zero-order valence-electron chi connectivity index (χ0n) is 15.1. The number of rotatable bonds is 3. The molecule has 27 heavy (non-hydrogen) atoms. The van der Waals surface area contributed by atoms with Crippen molar-refractivity contribution in [3.63, 3.8) is 0 Å². The summed E-state index contributed by atoms with van der Waals surface area (Å²) in [4.78, 5) is 34.6. The molecule has 3 heterocycles. The first kappa shape index (κ1) is 17.3. The Labute approximate surface area is 156 Å². The van der Waals surface area contributed by atoms with Crippen LogP contribution in [0, 0.1) is 0 Å². The molecule has 1 aliphatic rings. The Morgan fingerprint density at radius 2 is 1.93 bits per heavy atom. The summed E-state index contributed by atoms with van der Waals surface area (Å²) in [7, 11) is 1.55. The van der Waals surface area contributed by atoms with Crippen molar-refractivity contribution < 1.29 is 9.53 Å². The van der Waals surface area contributed by atoms with Gasteiger partial charge in [0, 0.05) is 42.6 Å². The highest BCUT2D eigenvalue weighted by Crippen LogP contribution is 2.28. The van der Waals surface area contributed by atoms with E-state index in [1.807, 2.05) is 12.1 Å². The topological polar surface area (TPSA) is 75.3 Å². The van der Waals surface area contributed by atoms with Gasteiger partial charge in [0.05, 0.1) is 7.11 Å². The van der Waals surface area contributed by atoms with Crippen LogP contribution in [0.2, 0.25) is 0 Å². The number of nitrogens with zero attached hydrogens (tertiary/aromatic N) is 2. The molecule has 138 valence electrons. The van der Waals surface area contributed by atoms with Crippen LogP contribution in [0.5, 0.6) is 5.75 Å². The largest absolute Gasteiger partial charge is 0.497 e. The fourth-order valence-corrected chi connectivity index (χ4v) is 3.71. The molecular weight excluding hydrogens is 342 g/mol. The van der Waals surface area contributed by atoms with Crippen LogP contribution in [0.25, 0.3) is 10.9 Å². The molecule has 0 spiro atoms. The average Bonchev–Trinajstić information content (AvgIpc) is 2.74. The monoisotopic (exact) mass is 363 g/mol. The molecule has 4 rings (SSSR count). The number of H-pyrrole nitrogens is 1. The summed E-state index contributed by atoms with van der Waals surface area (Å²) in [5.41, 5.74) is 1.86. The maximum Gasteiger partial charge on any atom is 0.259 e. The van der Waals surface area contributed by atoms with Crippen molar-refractivity contribution in [1.29, 1.82) is 0 Å². The van der Waals surface area contributed by atoms with Gasteiger partial charge >= 0.3 is 0 Å². The number of hydrogen-bond donors (Lipinski definition) is 1. The van der Waals surface area contributed by atoms with Crippen LogP contribution >= 0.6 is 0 Å². The molecule has 0 aliphatic carbocycles. The van der Waals surface area contributed by atoms with Gasteiger partial charge in [-0.05, 0) is 54.7 Å². The quantitative estimate of drug-likeness (QED) is 0.776. The number of aromatic amines is 1. The number of benzene rings is 1. The Hall–Kier alpha value is -3.15. The van der Waals surface area contributed by atoms with E-state index >= 15 is 0 Å². The van der Waals surface area contributed by atoms with Gasteiger partial charge in [-0.2, -0.15) is 0 Å². The lowest BCUT2D eigenvalue weighted by Gasteiger charge is -2.32. The van der Waals surface area contributed by atoms with E-state index < -0.39 is 0 Å². The van der Waals surface area contributed by atoms with E-state index in [2.05, 4.69) is 9.97 Å². The number of ether oxygens (including phenoxy) is 1. The van der Waals surface area contributed by atoms with E-state index in [9.17, 15) is 9.59 Å². The Balaban J connectivity index is 1.55. The number of pyridine rings is 2. The molecule has 1 aromatic carbocycles. The van der Waals surface area contributed by atoms with Gasteiger partial charge in [0.2, 0.25) is 5.43 Å². The van der Waals surface area contributed by atoms with Crippen molar-refractivity contribution in [2.45, 2.75) is 18.8 Å². The fraction of sp³-hybridized carbons (Fsp3) is 0.286. The molecule has 1 fully saturated rings. The normalized spacial score (nSPS) is 15.1. The van der Waals surface area contributed by atoms with Crippen LogP contribution in [0.4, 0.5) is 0 Å². The minimum atomic E-state index is -0.260. The Morgan fingerprint density at radius 1 is 1.19 bits per heavy atom. The molecule has 3 aromatic rings. The number of likely N-dealkylation sites (tertiary alicyclic amines) is 1. The molecule has 6 nitrogen and oxygen atoms in total. The number of piperidine rings is 1. The number of hydrogen-bond acceptors (Lipinski definition) is 4. The van der Waals surface area contributed by atoms with Crippen molar-refractivity contribution >= 4 is 16.8 Å². The highest BCUT2D eigenvalue weighted by Gasteiger charge is 2.26. The molecule has 0 radical (unpaired) electrons. The number of fused-ring (bicyclic) bond motifs is 1. The van der Waals surface area contributed by atoms with Gasteiger partial charge in [-0.25, -0.2) is 0 Å². The first-order valence-corrected chi connectivity index (χ1v) is 9.06. The summed E-state index contributed by atoms with van der Waals surface area (Å²) >= 11 is 0. The van der Waals surface area contributed by atoms with Crippen LogP contribution in [0.1, 0.15) is 34.7 Å². The summed E-state index contributed by atoms with van der Waals surface area (Å²) in [5, 5.41) is 0.465. The SMILES string of the molecule is COc1ccc2[nH]cc(C(=O)N3CCC(c4ccncc4)CC3)c(=O)c2c1. The van der Waals surface area contributed by atoms with Crippen LogP contribution in [-0.4, -0.2) is 41.0 Å². The van der Waals surface area contributed by atoms with Crippen molar-refractivity contribution in [1.82, 2.24) is 14.9 Å². The third kappa shape index (κ3) is 3.30. The zero-order chi connectivity index (χ0) is 18.8. The van der Waals surface area contributed by atoms with Crippen LogP contribution < -0.4 is 10.2 Å². The van der Waals surface area contributed by atoms with E-state index in [0.717, 1.165) is 12.8 Å². The van der Waals surface area contributed by atoms with Crippen LogP contribution in [-0.2, 0) is 0 Å². The summed E-state index contributed by atoms with van der Waals surface area (Å²) in [6.07, 6.45) is 6.89. The highest BCUT2D eigenvalue weighted by atomic mass is 16.5. The molecule has 1 N–H and O–H groups in total. The van der Waals surface area contributed by atoms with Crippen LogP contribution in [0.15, 0.2) is 53.7 Å². The maximum atomic E-state index is 12.9. The van der Waals surface area contributed by atoms with Gasteiger partial charge in [0.15, 0.2) is 0 Å². The standard InChI is InChI=1S/C21H21N3O3/c1-27-16-2-3-19-17(12-16)20(25)18(13-23-19)21(26)24-10-6-15(7-11-24)14-4-8-22-9-5-14/h2-5,8-9,12-13,15H,6-7,10-11H2,1H3,(H,23,25). The third-order valence-corrected chi connectivity index (χ3v) is 5.28. The lowest BCUT2D eigenvalue weighted by Crippen LogP contribution is -2.39. The Bertz CT molecular complexity index is 1020. The summed E-state index contributed by atoms with van der Waals surface area (Å²) in [6.45, 7) is 1.28. The second-order valence-electron chi connectivity index (χ2n) is 6.79. The molecule has 0 saturated carbocycles. The minimum absolute atomic E-state index is 0.179. The molecule has 0 bridgehead atoms. The van der Waals surface area contributed by atoms with Crippen molar-refractivity contribution in [3.8, 4) is 5.75 Å². The lowest BCUT2D eigenvalue weighted by atomic mass is 9.90. The number of carbonyl (C=O) groups excluding carboxylic acids is 1. The molecule has 6 heteroatoms. The predicted octanol–water partition coefficient (Wildman–Crippen LogP) is 2.95. The highest BCUT2D eigenvalue weighted by molar-refractivity contribution is 5.97. The second-order valence-corrected chi connectivity index (χ2v) is 6.79. The van der Waals surface area contributed by atoms with Gasteiger partial charge in [-0.1, -0.05) is 0 Å². The number of methoxy groups -OCH3 is 1. The molecule has 0 unspecified atom stereocenters. The first-order chi connectivity index (χ1) is 13.2. The van der Waals surface area contributed by atoms with Gasteiger partial charge in [0.25, 0.3) is 5.91 Å². The number of aromatic nitrogens is 2. The number of nitrogens with one attached hydrogen (secondary N) is 1. The van der Waals surface area contributed by atoms with Crippen molar-refractivity contribution in [2.24, 2.45) is 0 Å². The van der Waals surface area contributed by atoms with Crippen LogP contribution in [0.3, 0.4) is 0 Å². The van der Waals surface area contributed by atoms with Gasteiger partial charge in [-0.3, -0.25) is 14.6 Å². The minimum Gasteiger partial charge on any atom is -0.497 e. The predicted molar refractivity (Wildman–Crippen MR) is 103 cm³/mol. The van der Waals surface area contributed by atoms with E-state index in [4.69, 9.17) is 4.74 Å². The molecule has 1 amide bonds. The van der Waals surface area contributed by atoms with Gasteiger partial charge in [-0.15, -0.1) is 0 Å². The fourth-order valence-electron chi connectivity index (χ4n) is 3.71. The van der Waals surface area contributed by atoms with E-state index in [-0.39, 0.29) is 16.9 Å². The van der Waals surface area contributed by atoms with E-state index in [1.54, 1.807) is 42.6 Å². The summed E-state index contributed by atoms with van der Waals surface area (Å²) in [6, 6.07) is 9.29. The maximum absolute atomic E-state index is 12.9.